The van der Waals surface area contributed by atoms with Crippen LogP contribution in [-0.4, -0.2) is 50.5 Å². The van der Waals surface area contributed by atoms with E-state index in [1.807, 2.05) is 59.1 Å². The third-order valence-electron chi connectivity index (χ3n) is 6.22. The summed E-state index contributed by atoms with van der Waals surface area (Å²) in [6, 6.07) is 11.9. The molecule has 0 saturated carbocycles. The molecule has 1 aliphatic heterocycles. The maximum Gasteiger partial charge on any atom is 0.270 e. The topological polar surface area (TPSA) is 85.2 Å². The van der Waals surface area contributed by atoms with Crippen LogP contribution in [0.1, 0.15) is 34.9 Å². The van der Waals surface area contributed by atoms with Crippen molar-refractivity contribution in [2.75, 3.05) is 25.5 Å². The minimum absolute atomic E-state index is 0.0540. The van der Waals surface area contributed by atoms with Crippen molar-refractivity contribution in [2.45, 2.75) is 18.8 Å². The maximum atomic E-state index is 13.4. The van der Waals surface area contributed by atoms with Gasteiger partial charge in [-0.3, -0.25) is 14.8 Å². The Morgan fingerprint density at radius 1 is 1.12 bits per heavy atom. The number of aromatic nitrogens is 4. The molecule has 4 aromatic rings. The second kappa shape index (κ2) is 8.90. The Labute approximate surface area is 192 Å². The molecule has 0 bridgehead atoms. The van der Waals surface area contributed by atoms with Gasteiger partial charge >= 0.3 is 0 Å². The summed E-state index contributed by atoms with van der Waals surface area (Å²) >= 11 is 0. The summed E-state index contributed by atoms with van der Waals surface area (Å²) in [7, 11) is 3.58. The molecular weight excluding hydrogens is 416 g/mol. The van der Waals surface area contributed by atoms with E-state index in [2.05, 4.69) is 20.3 Å². The minimum Gasteiger partial charge on any atom is -0.497 e. The second-order valence-corrected chi connectivity index (χ2v) is 8.29. The zero-order valence-electron chi connectivity index (χ0n) is 18.7. The fourth-order valence-electron chi connectivity index (χ4n) is 4.44. The van der Waals surface area contributed by atoms with Crippen LogP contribution in [0.5, 0.6) is 5.75 Å². The predicted molar refractivity (Wildman–Crippen MR) is 127 cm³/mol. The summed E-state index contributed by atoms with van der Waals surface area (Å²) in [6.45, 7) is 1.42. The third-order valence-corrected chi connectivity index (χ3v) is 6.22. The van der Waals surface area contributed by atoms with E-state index in [9.17, 15) is 4.79 Å². The number of hydrogen-bond acceptors (Lipinski definition) is 6. The van der Waals surface area contributed by atoms with E-state index in [4.69, 9.17) is 4.74 Å². The fraction of sp³-hybridized carbons (Fsp3) is 0.280. The smallest absolute Gasteiger partial charge is 0.270 e. The Balaban J connectivity index is 1.31. The maximum absolute atomic E-state index is 13.4. The van der Waals surface area contributed by atoms with Gasteiger partial charge in [0.05, 0.1) is 30.7 Å². The molecule has 3 aromatic heterocycles. The van der Waals surface area contributed by atoms with E-state index in [0.717, 1.165) is 47.4 Å². The molecule has 1 unspecified atom stereocenters. The highest BCUT2D eigenvalue weighted by Crippen LogP contribution is 2.29. The van der Waals surface area contributed by atoms with Gasteiger partial charge < -0.3 is 19.5 Å². The fourth-order valence-corrected chi connectivity index (χ4v) is 4.44. The van der Waals surface area contributed by atoms with Crippen molar-refractivity contribution in [1.29, 1.82) is 0 Å². The highest BCUT2D eigenvalue weighted by Gasteiger charge is 2.28. The number of nitrogens with zero attached hydrogens (tertiary/aromatic N) is 5. The van der Waals surface area contributed by atoms with Gasteiger partial charge in [-0.15, -0.1) is 0 Å². The largest absolute Gasteiger partial charge is 0.497 e. The molecule has 33 heavy (non-hydrogen) atoms. The number of aryl methyl sites for hydroxylation is 1. The highest BCUT2D eigenvalue weighted by molar-refractivity contribution is 5.99. The lowest BCUT2D eigenvalue weighted by atomic mass is 9.94. The van der Waals surface area contributed by atoms with Crippen LogP contribution in [0.2, 0.25) is 0 Å². The molecule has 1 atom stereocenters. The van der Waals surface area contributed by atoms with Gasteiger partial charge in [-0.05, 0) is 43.2 Å². The van der Waals surface area contributed by atoms with Gasteiger partial charge in [0.2, 0.25) is 0 Å². The van der Waals surface area contributed by atoms with Crippen molar-refractivity contribution in [1.82, 2.24) is 24.4 Å². The first-order chi connectivity index (χ1) is 16.1. The first-order valence-corrected chi connectivity index (χ1v) is 11.0. The molecule has 0 aliphatic carbocycles. The van der Waals surface area contributed by atoms with Crippen LogP contribution in [0.25, 0.3) is 10.9 Å². The molecule has 1 amide bonds. The van der Waals surface area contributed by atoms with E-state index >= 15 is 0 Å². The Morgan fingerprint density at radius 3 is 2.79 bits per heavy atom. The number of hydrogen-bond donors (Lipinski definition) is 1. The number of benzene rings is 1. The van der Waals surface area contributed by atoms with Crippen molar-refractivity contribution in [3.05, 3.63) is 72.6 Å². The quantitative estimate of drug-likeness (QED) is 0.500. The van der Waals surface area contributed by atoms with Gasteiger partial charge in [-0.2, -0.15) is 0 Å². The number of rotatable bonds is 5. The van der Waals surface area contributed by atoms with E-state index in [1.165, 1.54) is 0 Å². The Bertz CT molecular complexity index is 1270. The number of fused-ring (bicyclic) bond motifs is 1. The van der Waals surface area contributed by atoms with Crippen LogP contribution in [0.15, 0.2) is 61.2 Å². The lowest BCUT2D eigenvalue weighted by molar-refractivity contribution is 0.0696. The number of amides is 1. The second-order valence-electron chi connectivity index (χ2n) is 8.29. The first kappa shape index (κ1) is 20.9. The summed E-state index contributed by atoms with van der Waals surface area (Å²) in [4.78, 5) is 28.3. The minimum atomic E-state index is 0.0540. The number of anilines is 2. The van der Waals surface area contributed by atoms with Crippen molar-refractivity contribution in [2.24, 2.45) is 7.05 Å². The molecule has 168 valence electrons. The summed E-state index contributed by atoms with van der Waals surface area (Å²) in [5.74, 6) is 1.72. The summed E-state index contributed by atoms with van der Waals surface area (Å²) in [5.41, 5.74) is 3.53. The molecule has 1 fully saturated rings. The SMILES string of the molecule is COc1ccc2cc(C(=O)N3CCCC(c4ccc(Nc5cnccn5)cn4)C3)n(C)c2c1. The van der Waals surface area contributed by atoms with Gasteiger partial charge in [-0.25, -0.2) is 4.98 Å². The van der Waals surface area contributed by atoms with E-state index in [1.54, 1.807) is 25.7 Å². The lowest BCUT2D eigenvalue weighted by Crippen LogP contribution is -2.40. The number of carbonyl (C=O) groups is 1. The Kier molecular flexibility index (Phi) is 5.64. The van der Waals surface area contributed by atoms with Gasteiger partial charge in [-0.1, -0.05) is 0 Å². The highest BCUT2D eigenvalue weighted by atomic mass is 16.5. The number of carbonyl (C=O) groups excluding carboxylic acids is 1. The number of methoxy groups -OCH3 is 1. The van der Waals surface area contributed by atoms with Crippen molar-refractivity contribution in [3.8, 4) is 5.75 Å². The van der Waals surface area contributed by atoms with Crippen LogP contribution < -0.4 is 10.1 Å². The van der Waals surface area contributed by atoms with E-state index in [0.29, 0.717) is 18.1 Å². The van der Waals surface area contributed by atoms with Crippen LogP contribution in [0, 0.1) is 0 Å². The molecule has 5 rings (SSSR count). The monoisotopic (exact) mass is 442 g/mol. The van der Waals surface area contributed by atoms with Gasteiger partial charge in [0.1, 0.15) is 17.3 Å². The molecule has 8 nitrogen and oxygen atoms in total. The number of ether oxygens (including phenoxy) is 1. The number of likely N-dealkylation sites (tertiary alicyclic amines) is 1. The molecule has 4 heterocycles. The summed E-state index contributed by atoms with van der Waals surface area (Å²) in [6.07, 6.45) is 8.72. The van der Waals surface area contributed by atoms with Gasteiger partial charge in [0, 0.05) is 55.6 Å². The van der Waals surface area contributed by atoms with Gasteiger partial charge in [0.25, 0.3) is 5.91 Å². The molecular formula is C25H26N6O2. The van der Waals surface area contributed by atoms with Crippen molar-refractivity contribution >= 4 is 28.3 Å². The number of piperidine rings is 1. The average molecular weight is 443 g/mol. The third kappa shape index (κ3) is 4.24. The van der Waals surface area contributed by atoms with Crippen molar-refractivity contribution < 1.29 is 9.53 Å². The molecule has 0 spiro atoms. The molecule has 1 aromatic carbocycles. The number of nitrogens with one attached hydrogen (secondary N) is 1. The standard InChI is InChI=1S/C25H26N6O2/c1-30-22-13-20(33-2)7-5-17(22)12-23(30)25(32)31-11-3-4-18(16-31)21-8-6-19(14-28-21)29-24-15-26-9-10-27-24/h5-10,12-15,18H,3-4,11,16H2,1-2H3,(H,27,29). The number of pyridine rings is 1. The average Bonchev–Trinajstić information content (AvgIpc) is 3.20. The normalized spacial score (nSPS) is 16.1. The molecule has 0 radical (unpaired) electrons. The van der Waals surface area contributed by atoms with E-state index < -0.39 is 0 Å². The Morgan fingerprint density at radius 2 is 2.03 bits per heavy atom. The van der Waals surface area contributed by atoms with Crippen LogP contribution >= 0.6 is 0 Å². The predicted octanol–water partition coefficient (Wildman–Crippen LogP) is 4.14. The summed E-state index contributed by atoms with van der Waals surface area (Å²) in [5, 5.41) is 4.23. The zero-order chi connectivity index (χ0) is 22.8. The molecule has 1 N–H and O–H groups in total. The van der Waals surface area contributed by atoms with Crippen LogP contribution in [0.4, 0.5) is 11.5 Å². The molecule has 1 saturated heterocycles. The van der Waals surface area contributed by atoms with E-state index in [-0.39, 0.29) is 11.8 Å². The zero-order valence-corrected chi connectivity index (χ0v) is 18.7. The lowest BCUT2D eigenvalue weighted by Gasteiger charge is -2.32. The molecule has 1 aliphatic rings. The molecule has 8 heteroatoms. The van der Waals surface area contributed by atoms with Crippen LogP contribution in [0.3, 0.4) is 0 Å². The first-order valence-electron chi connectivity index (χ1n) is 11.0. The van der Waals surface area contributed by atoms with Crippen molar-refractivity contribution in [3.63, 3.8) is 0 Å². The van der Waals surface area contributed by atoms with Crippen LogP contribution in [-0.2, 0) is 7.05 Å². The van der Waals surface area contributed by atoms with Gasteiger partial charge in [0.15, 0.2) is 0 Å². The Hall–Kier alpha value is -3.94. The summed E-state index contributed by atoms with van der Waals surface area (Å²) < 4.78 is 7.29.